The number of fused-ring (bicyclic) bond motifs is 1. The van der Waals surface area contributed by atoms with Crippen molar-refractivity contribution in [2.45, 2.75) is 26.1 Å². The van der Waals surface area contributed by atoms with Gasteiger partial charge >= 0.3 is 6.18 Å². The Labute approximate surface area is 188 Å². The van der Waals surface area contributed by atoms with Crippen molar-refractivity contribution in [3.63, 3.8) is 0 Å². The number of halogens is 3. The van der Waals surface area contributed by atoms with E-state index < -0.39 is 23.6 Å². The Kier molecular flexibility index (Phi) is 6.31. The Bertz CT molecular complexity index is 1160. The number of rotatable bonds is 3. The quantitative estimate of drug-likeness (QED) is 0.632. The van der Waals surface area contributed by atoms with Crippen molar-refractivity contribution in [2.24, 2.45) is 0 Å². The third-order valence-corrected chi connectivity index (χ3v) is 5.09. The molecule has 7 nitrogen and oxygen atoms in total. The van der Waals surface area contributed by atoms with Gasteiger partial charge in [-0.1, -0.05) is 6.07 Å². The lowest BCUT2D eigenvalue weighted by Gasteiger charge is -2.32. The fraction of sp³-hybridized carbons (Fsp3) is 0.238. The third-order valence-electron chi connectivity index (χ3n) is 5.09. The zero-order valence-corrected chi connectivity index (χ0v) is 18.1. The number of amides is 2. The summed E-state index contributed by atoms with van der Waals surface area (Å²) in [6, 6.07) is 8.28. The van der Waals surface area contributed by atoms with Gasteiger partial charge in [-0.25, -0.2) is 4.98 Å². The second-order valence-electron chi connectivity index (χ2n) is 7.28. The molecule has 32 heavy (non-hydrogen) atoms. The highest BCUT2D eigenvalue weighted by Gasteiger charge is 2.37. The van der Waals surface area contributed by atoms with Crippen LogP contribution in [0.5, 0.6) is 0 Å². The van der Waals surface area contributed by atoms with E-state index in [1.54, 1.807) is 18.2 Å². The molecule has 0 fully saturated rings. The van der Waals surface area contributed by atoms with Crippen LogP contribution in [-0.4, -0.2) is 33.1 Å². The second-order valence-corrected chi connectivity index (χ2v) is 7.28. The summed E-state index contributed by atoms with van der Waals surface area (Å²) < 4.78 is 40.7. The number of benzene rings is 1. The Morgan fingerprint density at radius 1 is 1.22 bits per heavy atom. The minimum Gasteiger partial charge on any atom is -0.306 e. The number of aromatic nitrogens is 3. The summed E-state index contributed by atoms with van der Waals surface area (Å²) in [7, 11) is 0. The second kappa shape index (κ2) is 8.65. The molecule has 0 radical (unpaired) electrons. The Hall–Kier alpha value is -3.34. The first-order valence-corrected chi connectivity index (χ1v) is 9.46. The van der Waals surface area contributed by atoms with Crippen molar-refractivity contribution in [3.05, 3.63) is 71.2 Å². The van der Waals surface area contributed by atoms with Crippen LogP contribution in [0.2, 0.25) is 0 Å². The summed E-state index contributed by atoms with van der Waals surface area (Å²) in [6.45, 7) is 3.37. The van der Waals surface area contributed by atoms with Gasteiger partial charge in [-0.15, -0.1) is 0 Å². The lowest BCUT2D eigenvalue weighted by Crippen LogP contribution is -2.43. The number of nitrogens with one attached hydrogen (secondary N) is 1. The normalized spacial score (nSPS) is 15.7. The van der Waals surface area contributed by atoms with Crippen molar-refractivity contribution in [1.29, 1.82) is 0 Å². The molecule has 11 heteroatoms. The maximum atomic E-state index is 13.2. The summed E-state index contributed by atoms with van der Waals surface area (Å²) >= 11 is 0. The number of nitrogens with zero attached hydrogens (tertiary/aromatic N) is 4. The largest absolute Gasteiger partial charge is 0.416 e. The smallest absolute Gasteiger partial charge is 0.306 e. The van der Waals surface area contributed by atoms with Crippen LogP contribution >= 0.6 is 13.5 Å². The first kappa shape index (κ1) is 23.3. The van der Waals surface area contributed by atoms with Crippen LogP contribution in [0.3, 0.4) is 0 Å². The highest BCUT2D eigenvalue weighted by Crippen LogP contribution is 2.35. The van der Waals surface area contributed by atoms with Gasteiger partial charge in [-0.2, -0.15) is 31.8 Å². The van der Waals surface area contributed by atoms with Crippen molar-refractivity contribution < 1.29 is 22.8 Å². The third kappa shape index (κ3) is 4.20. The van der Waals surface area contributed by atoms with Crippen molar-refractivity contribution in [3.8, 4) is 0 Å². The molecule has 0 saturated heterocycles. The van der Waals surface area contributed by atoms with Crippen molar-refractivity contribution in [2.75, 3.05) is 16.8 Å². The predicted molar refractivity (Wildman–Crippen MR) is 117 cm³/mol. The van der Waals surface area contributed by atoms with Crippen LogP contribution in [-0.2, 0) is 6.18 Å². The molecule has 0 spiro atoms. The molecule has 1 aromatic carbocycles. The van der Waals surface area contributed by atoms with E-state index in [9.17, 15) is 22.8 Å². The van der Waals surface area contributed by atoms with E-state index in [0.717, 1.165) is 6.07 Å². The molecule has 3 heterocycles. The SMILES string of the molecule is Cc1cc(N2C[C@H](C)n3ncc(C(=O)Nc4ccccn4)c3C2=O)ccc1C(F)(F)F.S. The summed E-state index contributed by atoms with van der Waals surface area (Å²) in [5.41, 5.74) is -0.279. The van der Waals surface area contributed by atoms with Gasteiger partial charge in [0.1, 0.15) is 11.5 Å². The summed E-state index contributed by atoms with van der Waals surface area (Å²) in [5, 5.41) is 6.80. The zero-order valence-electron chi connectivity index (χ0n) is 17.1. The van der Waals surface area contributed by atoms with E-state index in [-0.39, 0.29) is 42.9 Å². The van der Waals surface area contributed by atoms with E-state index in [0.29, 0.717) is 11.5 Å². The van der Waals surface area contributed by atoms with Crippen LogP contribution in [0.1, 0.15) is 44.9 Å². The van der Waals surface area contributed by atoms with Crippen molar-refractivity contribution >= 4 is 36.8 Å². The highest BCUT2D eigenvalue weighted by molar-refractivity contribution is 7.59. The molecule has 0 unspecified atom stereocenters. The molecule has 2 amide bonds. The molecular formula is C21H20F3N5O2S. The molecule has 1 N–H and O–H groups in total. The molecule has 1 aliphatic rings. The molecule has 0 bridgehead atoms. The van der Waals surface area contributed by atoms with Crippen LogP contribution in [0.4, 0.5) is 24.7 Å². The Morgan fingerprint density at radius 2 is 1.97 bits per heavy atom. The molecule has 1 aliphatic heterocycles. The molecule has 2 aromatic heterocycles. The average Bonchev–Trinajstić information content (AvgIpc) is 3.17. The fourth-order valence-corrected chi connectivity index (χ4v) is 3.60. The molecular weight excluding hydrogens is 443 g/mol. The molecule has 0 aliphatic carbocycles. The number of anilines is 2. The number of hydrogen-bond donors (Lipinski definition) is 1. The van der Waals surface area contributed by atoms with Crippen LogP contribution in [0, 0.1) is 6.92 Å². The minimum atomic E-state index is -4.48. The van der Waals surface area contributed by atoms with Gasteiger partial charge < -0.3 is 10.2 Å². The van der Waals surface area contributed by atoms with Gasteiger partial charge in [0, 0.05) is 18.4 Å². The lowest BCUT2D eigenvalue weighted by atomic mass is 10.0. The van der Waals surface area contributed by atoms with Crippen molar-refractivity contribution in [1.82, 2.24) is 14.8 Å². The van der Waals surface area contributed by atoms with Crippen LogP contribution in [0.15, 0.2) is 48.8 Å². The van der Waals surface area contributed by atoms with Gasteiger partial charge in [0.15, 0.2) is 0 Å². The number of hydrogen-bond acceptors (Lipinski definition) is 4. The van der Waals surface area contributed by atoms with E-state index in [4.69, 9.17) is 0 Å². The summed E-state index contributed by atoms with van der Waals surface area (Å²) in [4.78, 5) is 31.4. The first-order chi connectivity index (χ1) is 14.7. The van der Waals surface area contributed by atoms with E-state index >= 15 is 0 Å². The minimum absolute atomic E-state index is 0. The fourth-order valence-electron chi connectivity index (χ4n) is 3.60. The Balaban J connectivity index is 0.00000289. The zero-order chi connectivity index (χ0) is 22.3. The molecule has 3 aromatic rings. The van der Waals surface area contributed by atoms with Gasteiger partial charge in [0.25, 0.3) is 11.8 Å². The van der Waals surface area contributed by atoms with Gasteiger partial charge in [-0.05, 0) is 49.7 Å². The number of alkyl halides is 3. The maximum absolute atomic E-state index is 13.2. The molecule has 4 rings (SSSR count). The van der Waals surface area contributed by atoms with E-state index in [1.165, 1.54) is 41.0 Å². The van der Waals surface area contributed by atoms with Crippen LogP contribution < -0.4 is 10.2 Å². The predicted octanol–water partition coefficient (Wildman–Crippen LogP) is 4.19. The van der Waals surface area contributed by atoms with Gasteiger partial charge in [0.05, 0.1) is 23.4 Å². The van der Waals surface area contributed by atoms with Gasteiger partial charge in [-0.3, -0.25) is 14.3 Å². The topological polar surface area (TPSA) is 80.1 Å². The molecule has 0 saturated carbocycles. The van der Waals surface area contributed by atoms with Gasteiger partial charge in [0.2, 0.25) is 0 Å². The van der Waals surface area contributed by atoms with Crippen LogP contribution in [0.25, 0.3) is 0 Å². The lowest BCUT2D eigenvalue weighted by molar-refractivity contribution is -0.138. The number of pyridine rings is 1. The average molecular weight is 463 g/mol. The monoisotopic (exact) mass is 463 g/mol. The first-order valence-electron chi connectivity index (χ1n) is 9.46. The van der Waals surface area contributed by atoms with E-state index in [1.807, 2.05) is 6.92 Å². The highest BCUT2D eigenvalue weighted by atomic mass is 32.1. The number of carbonyl (C=O) groups excluding carboxylic acids is 2. The molecule has 1 atom stereocenters. The maximum Gasteiger partial charge on any atom is 0.416 e. The summed E-state index contributed by atoms with van der Waals surface area (Å²) in [5.74, 6) is -0.745. The Morgan fingerprint density at radius 3 is 2.59 bits per heavy atom. The standard InChI is InChI=1S/C21H18F3N5O2.H2S/c1-12-9-14(6-7-16(12)21(22,23)24)28-11-13(2)29-18(20(28)31)15(10-26-29)19(30)27-17-5-3-4-8-25-17;/h3-10,13H,11H2,1-2H3,(H,25,27,30);1H2/t13-;/m0./s1. The summed E-state index contributed by atoms with van der Waals surface area (Å²) in [6.07, 6.45) is -1.65. The number of aryl methyl sites for hydroxylation is 1. The van der Waals surface area contributed by atoms with E-state index in [2.05, 4.69) is 15.4 Å². The molecule has 168 valence electrons. The number of carbonyl (C=O) groups is 2.